The topological polar surface area (TPSA) is 86.3 Å². The van der Waals surface area contributed by atoms with E-state index in [0.717, 1.165) is 24.2 Å². The van der Waals surface area contributed by atoms with Gasteiger partial charge in [-0.2, -0.15) is 10.2 Å². The van der Waals surface area contributed by atoms with Crippen LogP contribution in [0.5, 0.6) is 0 Å². The lowest BCUT2D eigenvalue weighted by Crippen LogP contribution is -2.47. The number of benzene rings is 2. The van der Waals surface area contributed by atoms with Crippen molar-refractivity contribution in [2.45, 2.75) is 13.5 Å². The van der Waals surface area contributed by atoms with Gasteiger partial charge in [0.2, 0.25) is 17.6 Å². The second-order valence-corrected chi connectivity index (χ2v) is 7.51. The van der Waals surface area contributed by atoms with E-state index in [1.807, 2.05) is 54.3 Å². The van der Waals surface area contributed by atoms with Gasteiger partial charge in [-0.25, -0.2) is 0 Å². The molecule has 1 saturated heterocycles. The lowest BCUT2D eigenvalue weighted by Gasteiger charge is -2.33. The molecule has 7 heteroatoms. The summed E-state index contributed by atoms with van der Waals surface area (Å²) in [5, 5.41) is 13.2. The summed E-state index contributed by atoms with van der Waals surface area (Å²) in [7, 11) is 0. The van der Waals surface area contributed by atoms with Gasteiger partial charge in [-0.15, -0.1) is 0 Å². The summed E-state index contributed by atoms with van der Waals surface area (Å²) in [6, 6.07) is 17.4. The molecule has 0 saturated carbocycles. The highest BCUT2D eigenvalue weighted by atomic mass is 16.5. The van der Waals surface area contributed by atoms with Gasteiger partial charge in [0.15, 0.2) is 0 Å². The van der Waals surface area contributed by atoms with Crippen molar-refractivity contribution in [1.29, 1.82) is 5.26 Å². The molecular formula is C24H23N5O2. The fourth-order valence-electron chi connectivity index (χ4n) is 3.47. The van der Waals surface area contributed by atoms with Crippen LogP contribution < -0.4 is 0 Å². The van der Waals surface area contributed by atoms with Crippen molar-refractivity contribution in [3.8, 4) is 17.5 Å². The number of aryl methyl sites for hydroxylation is 1. The van der Waals surface area contributed by atoms with E-state index < -0.39 is 0 Å². The Hall–Kier alpha value is -3.76. The average molecular weight is 413 g/mol. The lowest BCUT2D eigenvalue weighted by atomic mass is 10.1. The smallest absolute Gasteiger partial charge is 0.246 e. The molecule has 0 aliphatic carbocycles. The third kappa shape index (κ3) is 5.05. The summed E-state index contributed by atoms with van der Waals surface area (Å²) >= 11 is 0. The van der Waals surface area contributed by atoms with Gasteiger partial charge in [0, 0.05) is 37.8 Å². The zero-order chi connectivity index (χ0) is 21.6. The van der Waals surface area contributed by atoms with Gasteiger partial charge in [0.05, 0.1) is 18.2 Å². The second kappa shape index (κ2) is 9.37. The summed E-state index contributed by atoms with van der Waals surface area (Å²) < 4.78 is 5.41. The fraction of sp³-hybridized carbons (Fsp3) is 0.250. The van der Waals surface area contributed by atoms with Gasteiger partial charge >= 0.3 is 0 Å². The Bertz CT molecular complexity index is 1120. The number of aromatic nitrogens is 2. The molecule has 3 aromatic rings. The number of piperazine rings is 1. The third-order valence-electron chi connectivity index (χ3n) is 5.31. The Morgan fingerprint density at radius 1 is 1.13 bits per heavy atom. The number of nitriles is 1. The van der Waals surface area contributed by atoms with Crippen LogP contribution >= 0.6 is 0 Å². The van der Waals surface area contributed by atoms with Gasteiger partial charge in [-0.1, -0.05) is 53.2 Å². The number of carbonyl (C=O) groups is 1. The summed E-state index contributed by atoms with van der Waals surface area (Å²) in [5.74, 6) is 1.11. The van der Waals surface area contributed by atoms with Crippen molar-refractivity contribution in [2.24, 2.45) is 0 Å². The molecule has 0 unspecified atom stereocenters. The summed E-state index contributed by atoms with van der Waals surface area (Å²) in [5.41, 5.74) is 3.42. The number of rotatable bonds is 5. The molecule has 1 amide bonds. The molecule has 0 N–H and O–H groups in total. The van der Waals surface area contributed by atoms with Crippen LogP contribution in [-0.4, -0.2) is 52.0 Å². The molecule has 0 bridgehead atoms. The lowest BCUT2D eigenvalue weighted by molar-refractivity contribution is -0.127. The number of carbonyl (C=O) groups excluding carboxylic acids is 1. The molecule has 1 aromatic heterocycles. The van der Waals surface area contributed by atoms with E-state index in [2.05, 4.69) is 21.1 Å². The molecule has 156 valence electrons. The normalized spacial score (nSPS) is 14.6. The molecule has 0 spiro atoms. The zero-order valence-corrected chi connectivity index (χ0v) is 17.4. The van der Waals surface area contributed by atoms with Crippen LogP contribution in [0.25, 0.3) is 17.5 Å². The molecule has 7 nitrogen and oxygen atoms in total. The highest BCUT2D eigenvalue weighted by Crippen LogP contribution is 2.17. The predicted octanol–water partition coefficient (Wildman–Crippen LogP) is 3.27. The molecule has 0 radical (unpaired) electrons. The molecule has 4 rings (SSSR count). The third-order valence-corrected chi connectivity index (χ3v) is 5.31. The van der Waals surface area contributed by atoms with Gasteiger partial charge in [-0.05, 0) is 24.6 Å². The van der Waals surface area contributed by atoms with Crippen LogP contribution in [0.2, 0.25) is 0 Å². The molecule has 0 atom stereocenters. The Morgan fingerprint density at radius 3 is 2.61 bits per heavy atom. The van der Waals surface area contributed by atoms with Crippen molar-refractivity contribution in [3.05, 3.63) is 77.2 Å². The first-order valence-corrected chi connectivity index (χ1v) is 10.2. The molecular weight excluding hydrogens is 390 g/mol. The van der Waals surface area contributed by atoms with Crippen LogP contribution in [0.3, 0.4) is 0 Å². The average Bonchev–Trinajstić information content (AvgIpc) is 3.27. The number of nitrogens with zero attached hydrogens (tertiary/aromatic N) is 5. The number of hydrogen-bond donors (Lipinski definition) is 0. The van der Waals surface area contributed by atoms with Gasteiger partial charge in [-0.3, -0.25) is 9.69 Å². The van der Waals surface area contributed by atoms with Crippen LogP contribution in [0, 0.1) is 18.3 Å². The fourth-order valence-corrected chi connectivity index (χ4v) is 3.47. The van der Waals surface area contributed by atoms with Crippen molar-refractivity contribution in [3.63, 3.8) is 0 Å². The first-order chi connectivity index (χ1) is 15.1. The monoisotopic (exact) mass is 413 g/mol. The summed E-state index contributed by atoms with van der Waals surface area (Å²) in [6.07, 6.45) is 3.25. The summed E-state index contributed by atoms with van der Waals surface area (Å²) in [4.78, 5) is 21.0. The van der Waals surface area contributed by atoms with E-state index in [1.165, 1.54) is 11.6 Å². The van der Waals surface area contributed by atoms with Crippen LogP contribution in [0.4, 0.5) is 0 Å². The van der Waals surface area contributed by atoms with Crippen LogP contribution in [-0.2, 0) is 11.3 Å². The molecule has 1 fully saturated rings. The van der Waals surface area contributed by atoms with E-state index in [9.17, 15) is 4.79 Å². The second-order valence-electron chi connectivity index (χ2n) is 7.51. The van der Waals surface area contributed by atoms with Crippen molar-refractivity contribution in [2.75, 3.05) is 26.2 Å². The molecule has 31 heavy (non-hydrogen) atoms. The van der Waals surface area contributed by atoms with E-state index in [4.69, 9.17) is 9.78 Å². The van der Waals surface area contributed by atoms with Crippen molar-refractivity contribution in [1.82, 2.24) is 19.9 Å². The molecule has 1 aliphatic heterocycles. The highest BCUT2D eigenvalue weighted by molar-refractivity contribution is 5.92. The maximum atomic E-state index is 12.5. The van der Waals surface area contributed by atoms with Gasteiger partial charge < -0.3 is 9.42 Å². The number of hydrogen-bond acceptors (Lipinski definition) is 6. The first-order valence-electron chi connectivity index (χ1n) is 10.2. The predicted molar refractivity (Wildman–Crippen MR) is 117 cm³/mol. The van der Waals surface area contributed by atoms with Gasteiger partial charge in [0.25, 0.3) is 0 Å². The minimum Gasteiger partial charge on any atom is -0.338 e. The number of amides is 1. The Morgan fingerprint density at radius 2 is 1.87 bits per heavy atom. The zero-order valence-electron chi connectivity index (χ0n) is 17.4. The Kier molecular flexibility index (Phi) is 6.20. The van der Waals surface area contributed by atoms with Crippen molar-refractivity contribution < 1.29 is 9.32 Å². The SMILES string of the molecule is Cc1ccc(-c2noc(CN3CCN(C(=O)/C=C/c4ccccc4C#N)CC3)n2)cc1. The maximum Gasteiger partial charge on any atom is 0.246 e. The first kappa shape index (κ1) is 20.5. The van der Waals surface area contributed by atoms with E-state index in [-0.39, 0.29) is 5.91 Å². The van der Waals surface area contributed by atoms with Crippen LogP contribution in [0.15, 0.2) is 59.1 Å². The molecule has 2 heterocycles. The summed E-state index contributed by atoms with van der Waals surface area (Å²) in [6.45, 7) is 5.32. The van der Waals surface area contributed by atoms with E-state index in [1.54, 1.807) is 12.1 Å². The van der Waals surface area contributed by atoms with E-state index >= 15 is 0 Å². The standard InChI is InChI=1S/C24H23N5O2/c1-18-6-8-20(9-7-18)24-26-22(31-27-24)17-28-12-14-29(15-13-28)23(30)11-10-19-4-2-3-5-21(19)16-25/h2-11H,12-15,17H2,1H3/b11-10+. The van der Waals surface area contributed by atoms with Gasteiger partial charge in [0.1, 0.15) is 0 Å². The Labute approximate surface area is 181 Å². The molecule has 2 aromatic carbocycles. The minimum atomic E-state index is -0.0492. The van der Waals surface area contributed by atoms with Crippen LogP contribution in [0.1, 0.15) is 22.6 Å². The Balaban J connectivity index is 1.30. The van der Waals surface area contributed by atoms with E-state index in [0.29, 0.717) is 36.9 Å². The molecule has 1 aliphatic rings. The maximum absolute atomic E-state index is 12.5. The highest BCUT2D eigenvalue weighted by Gasteiger charge is 2.21. The van der Waals surface area contributed by atoms with Crippen molar-refractivity contribution >= 4 is 12.0 Å². The minimum absolute atomic E-state index is 0.0492. The quantitative estimate of drug-likeness (QED) is 0.597. The largest absolute Gasteiger partial charge is 0.338 e.